The first kappa shape index (κ1) is 56.2. The summed E-state index contributed by atoms with van der Waals surface area (Å²) in [6.07, 6.45) is -1.24. The molecule has 9 rings (SSSR count). The molecule has 1 aliphatic rings. The lowest BCUT2D eigenvalue weighted by atomic mass is 10.0. The molecule has 4 atom stereocenters. The van der Waals surface area contributed by atoms with Gasteiger partial charge in [0, 0.05) is 53.0 Å². The first-order valence-corrected chi connectivity index (χ1v) is 28.4. The number of esters is 1. The van der Waals surface area contributed by atoms with Crippen LogP contribution in [0.5, 0.6) is 0 Å². The minimum atomic E-state index is -1.05. The highest BCUT2D eigenvalue weighted by Crippen LogP contribution is 2.40. The van der Waals surface area contributed by atoms with Crippen LogP contribution in [0.25, 0.3) is 43.4 Å². The largest absolute Gasteiger partial charge is 0.455 e. The number of amides is 5. The molecular formula is C49H48ClN13O8S6. The van der Waals surface area contributed by atoms with Gasteiger partial charge in [-0.2, -0.15) is 0 Å². The van der Waals surface area contributed by atoms with Gasteiger partial charge in [0.2, 0.25) is 11.8 Å². The number of ether oxygens (including phenoxy) is 2. The van der Waals surface area contributed by atoms with E-state index in [9.17, 15) is 28.8 Å². The molecule has 0 saturated carbocycles. The molecule has 400 valence electrons. The highest BCUT2D eigenvalue weighted by atomic mass is 35.5. The van der Waals surface area contributed by atoms with Gasteiger partial charge in [-0.25, -0.2) is 34.9 Å². The average molecular weight is 1170 g/mol. The molecule has 8 aromatic rings. The predicted molar refractivity (Wildman–Crippen MR) is 298 cm³/mol. The van der Waals surface area contributed by atoms with Crippen LogP contribution in [0.4, 0.5) is 5.82 Å². The Hall–Kier alpha value is -6.98. The number of aromatic nitrogens is 7. The minimum Gasteiger partial charge on any atom is -0.455 e. The molecular weight excluding hydrogens is 1130 g/mol. The number of methoxy groups -OCH3 is 1. The van der Waals surface area contributed by atoms with Crippen molar-refractivity contribution in [3.63, 3.8) is 0 Å². The summed E-state index contributed by atoms with van der Waals surface area (Å²) in [5.41, 5.74) is 9.12. The number of halogens is 1. The minimum absolute atomic E-state index is 0. The van der Waals surface area contributed by atoms with Crippen molar-refractivity contribution in [1.82, 2.24) is 61.5 Å². The normalized spacial score (nSPS) is 16.5. The lowest BCUT2D eigenvalue weighted by molar-refractivity contribution is -0.149. The van der Waals surface area contributed by atoms with Crippen LogP contribution in [0, 0.1) is 12.8 Å². The zero-order valence-electron chi connectivity index (χ0n) is 41.7. The Balaban J connectivity index is 0.00000784. The second-order valence-electron chi connectivity index (χ2n) is 17.3. The van der Waals surface area contributed by atoms with E-state index in [0.717, 1.165) is 11.3 Å². The fraction of sp³-hybridized carbons (Fsp3) is 0.286. The first-order chi connectivity index (χ1) is 36.6. The SMILES string of the molecule is CNC(=O)C[C@@H]1NC(=O)c2csc(n2)-c2ccc(-c3nc(N)cs3)nc2-c2csc(n2)-c2csc(n2)[C@H]([C@@H](OC(C)=O)c2ccccc2)NC(=O)CNC(=O)c2nc(sc2COC)[C@@H](C(C)C)NC(=O)c2nc1sc2C.Cl. The number of carbonyl (C=O) groups excluding carboxylic acids is 6. The van der Waals surface area contributed by atoms with Gasteiger partial charge < -0.3 is 41.8 Å². The number of aryl methyl sites for hydroxylation is 1. The number of nitrogens with zero attached hydrogens (tertiary/aromatic N) is 7. The van der Waals surface area contributed by atoms with E-state index in [1.165, 1.54) is 77.8 Å². The third-order valence-corrected chi connectivity index (χ3v) is 17.3. The maximum atomic E-state index is 14.2. The zero-order chi connectivity index (χ0) is 53.8. The van der Waals surface area contributed by atoms with Gasteiger partial charge in [-0.3, -0.25) is 28.8 Å². The van der Waals surface area contributed by atoms with Gasteiger partial charge in [0.25, 0.3) is 17.7 Å². The van der Waals surface area contributed by atoms with E-state index in [4.69, 9.17) is 40.1 Å². The van der Waals surface area contributed by atoms with Crippen molar-refractivity contribution < 1.29 is 38.2 Å². The van der Waals surface area contributed by atoms with E-state index in [2.05, 4.69) is 36.6 Å². The van der Waals surface area contributed by atoms with Crippen LogP contribution in [0.2, 0.25) is 0 Å². The van der Waals surface area contributed by atoms with Crippen molar-refractivity contribution >= 4 is 122 Å². The number of anilines is 1. The molecule has 0 unspecified atom stereocenters. The number of fused-ring (bicyclic) bond motifs is 14. The summed E-state index contributed by atoms with van der Waals surface area (Å²) in [5, 5.41) is 23.7. The van der Waals surface area contributed by atoms with Crippen molar-refractivity contribution in [3.05, 3.63) is 111 Å². The number of nitrogens with one attached hydrogen (secondary N) is 5. The number of carbonyl (C=O) groups is 6. The summed E-state index contributed by atoms with van der Waals surface area (Å²) >= 11 is 7.36. The fourth-order valence-corrected chi connectivity index (χ4v) is 13.3. The van der Waals surface area contributed by atoms with Gasteiger partial charge in [-0.05, 0) is 30.5 Å². The highest BCUT2D eigenvalue weighted by Gasteiger charge is 2.34. The number of rotatable bonds is 9. The summed E-state index contributed by atoms with van der Waals surface area (Å²) in [5.74, 6) is -3.33. The number of nitrogen functional groups attached to an aromatic ring is 1. The van der Waals surface area contributed by atoms with E-state index >= 15 is 0 Å². The number of hydrogen-bond acceptors (Lipinski definition) is 22. The van der Waals surface area contributed by atoms with Crippen molar-refractivity contribution in [1.29, 1.82) is 0 Å². The molecule has 5 amide bonds. The van der Waals surface area contributed by atoms with E-state index in [0.29, 0.717) is 79.5 Å². The Kier molecular flexibility index (Phi) is 17.9. The quantitative estimate of drug-likeness (QED) is 0.0749. The molecule has 0 spiro atoms. The molecule has 0 fully saturated rings. The number of benzene rings is 1. The monoisotopic (exact) mass is 1170 g/mol. The number of pyridine rings is 1. The van der Waals surface area contributed by atoms with Crippen LogP contribution < -0.4 is 32.3 Å². The molecule has 7 aromatic heterocycles. The van der Waals surface area contributed by atoms with E-state index in [1.54, 1.807) is 53.4 Å². The van der Waals surface area contributed by atoms with Crippen LogP contribution in [0.1, 0.15) is 113 Å². The molecule has 7 N–H and O–H groups in total. The first-order valence-electron chi connectivity index (χ1n) is 23.2. The Labute approximate surface area is 470 Å². The third-order valence-electron chi connectivity index (χ3n) is 11.5. The van der Waals surface area contributed by atoms with Crippen molar-refractivity contribution in [2.75, 3.05) is 26.4 Å². The fourth-order valence-electron chi connectivity index (χ4n) is 7.89. The average Bonchev–Trinajstić information content (AvgIpc) is 4.28. The molecule has 0 aliphatic carbocycles. The van der Waals surface area contributed by atoms with Crippen LogP contribution in [0.3, 0.4) is 0 Å². The van der Waals surface area contributed by atoms with Crippen LogP contribution in [0.15, 0.2) is 64.0 Å². The number of hydrogen-bond donors (Lipinski definition) is 6. The predicted octanol–water partition coefficient (Wildman–Crippen LogP) is 7.89. The standard InChI is InChI=1S/C49H47N13O8S6.ClH/c1-21(2)35-49-62-38(31(76-49)16-69-6)42(67)52-15-34(65)59-39(40(70-23(4)63)24-10-8-7-9-11-24)48-57-30(19-73-48)46-55-28(17-72-46)37-25(12-13-26(53-37)45-58-32(50)20-74-45)44-56-29(18-71-44)41(66)54-27(14-33(64)51-5)47-61-36(22(3)75-47)43(68)60-35;/h7-13,17-21,27,35,39-40H,14-16,50H2,1-6H3,(H,51,64)(H,52,67)(H,54,66)(H,59,65)(H,60,68);1H/t27-,35+,39-,40-;/m0./s1. The maximum Gasteiger partial charge on any atom is 0.303 e. The smallest absolute Gasteiger partial charge is 0.303 e. The van der Waals surface area contributed by atoms with Crippen LogP contribution in [-0.2, 0) is 30.5 Å². The number of thiazole rings is 6. The maximum absolute atomic E-state index is 14.2. The molecule has 8 heterocycles. The molecule has 0 saturated heterocycles. The van der Waals surface area contributed by atoms with Gasteiger partial charge in [0.15, 0.2) is 6.10 Å². The molecule has 0 radical (unpaired) electrons. The van der Waals surface area contributed by atoms with Gasteiger partial charge >= 0.3 is 5.97 Å². The number of nitrogens with two attached hydrogens (primary N) is 1. The Bertz CT molecular complexity index is 3480. The van der Waals surface area contributed by atoms with E-state index in [1.807, 2.05) is 31.4 Å². The van der Waals surface area contributed by atoms with Crippen LogP contribution in [-0.4, -0.2) is 91.1 Å². The molecule has 1 aliphatic heterocycles. The topological polar surface area (TPSA) is 297 Å². The highest BCUT2D eigenvalue weighted by molar-refractivity contribution is 7.15. The lowest BCUT2D eigenvalue weighted by Crippen LogP contribution is -2.41. The molecule has 10 bridgehead atoms. The third kappa shape index (κ3) is 12.7. The lowest BCUT2D eigenvalue weighted by Gasteiger charge is -2.26. The van der Waals surface area contributed by atoms with Gasteiger partial charge in [-0.15, -0.1) is 80.4 Å². The Morgan fingerprint density at radius 1 is 0.714 bits per heavy atom. The van der Waals surface area contributed by atoms with Crippen molar-refractivity contribution in [2.24, 2.45) is 5.92 Å². The Morgan fingerprint density at radius 3 is 2.13 bits per heavy atom. The summed E-state index contributed by atoms with van der Waals surface area (Å²) in [6.45, 7) is 6.25. The molecule has 77 heavy (non-hydrogen) atoms. The van der Waals surface area contributed by atoms with Gasteiger partial charge in [0.1, 0.15) is 76.1 Å². The summed E-state index contributed by atoms with van der Waals surface area (Å²) in [4.78, 5) is 117. The Morgan fingerprint density at radius 2 is 1.42 bits per heavy atom. The van der Waals surface area contributed by atoms with E-state index in [-0.39, 0.29) is 54.3 Å². The summed E-state index contributed by atoms with van der Waals surface area (Å²) in [6, 6.07) is 9.79. The second-order valence-corrected chi connectivity index (χ2v) is 23.1. The second kappa shape index (κ2) is 24.6. The summed E-state index contributed by atoms with van der Waals surface area (Å²) in [7, 11) is 2.95. The molecule has 21 nitrogen and oxygen atoms in total. The van der Waals surface area contributed by atoms with Crippen molar-refractivity contribution in [3.8, 4) is 43.4 Å². The van der Waals surface area contributed by atoms with Crippen LogP contribution >= 0.6 is 80.4 Å². The summed E-state index contributed by atoms with van der Waals surface area (Å²) < 4.78 is 11.4. The molecule has 28 heteroatoms. The molecule has 1 aromatic carbocycles. The van der Waals surface area contributed by atoms with E-state index < -0.39 is 60.4 Å². The van der Waals surface area contributed by atoms with Gasteiger partial charge in [-0.1, -0.05) is 44.2 Å². The van der Waals surface area contributed by atoms with Gasteiger partial charge in [0.05, 0.1) is 42.2 Å². The van der Waals surface area contributed by atoms with Crippen molar-refractivity contribution in [2.45, 2.75) is 65.0 Å². The zero-order valence-corrected chi connectivity index (χ0v) is 47.4.